The molecular weight excluding hydrogens is 625 g/mol. The van der Waals surface area contributed by atoms with Gasteiger partial charge in [0.25, 0.3) is 0 Å². The Morgan fingerprint density at radius 2 is 0.654 bits per heavy atom. The summed E-state index contributed by atoms with van der Waals surface area (Å²) in [4.78, 5) is 0. The van der Waals surface area contributed by atoms with Gasteiger partial charge in [-0.15, -0.1) is 0 Å². The van der Waals surface area contributed by atoms with Crippen molar-refractivity contribution in [2.45, 2.75) is 0 Å². The first kappa shape index (κ1) is 31.1. The molecule has 0 unspecified atom stereocenters. The molecule has 0 heterocycles. The number of hydrogen-bond donors (Lipinski definition) is 0. The minimum absolute atomic E-state index is 1.01. The van der Waals surface area contributed by atoms with E-state index < -0.39 is 0 Å². The summed E-state index contributed by atoms with van der Waals surface area (Å²) in [7, 11) is 0. The Morgan fingerprint density at radius 3 is 1.23 bits per heavy atom. The molecule has 0 nitrogen and oxygen atoms in total. The van der Waals surface area contributed by atoms with Crippen LogP contribution in [-0.2, 0) is 0 Å². The van der Waals surface area contributed by atoms with Crippen molar-refractivity contribution in [2.75, 3.05) is 0 Å². The van der Waals surface area contributed by atoms with Crippen LogP contribution in [0.1, 0.15) is 11.1 Å². The van der Waals surface area contributed by atoms with Crippen molar-refractivity contribution < 1.29 is 0 Å². The van der Waals surface area contributed by atoms with Gasteiger partial charge in [-0.25, -0.2) is 0 Å². The fourth-order valence-corrected chi connectivity index (χ4v) is 7.39. The Bertz CT molecular complexity index is 2730. The first-order valence-electron chi connectivity index (χ1n) is 17.8. The number of hydrogen-bond acceptors (Lipinski definition) is 0. The molecule has 0 N–H and O–H groups in total. The first-order valence-corrected chi connectivity index (χ1v) is 17.8. The highest BCUT2D eigenvalue weighted by Crippen LogP contribution is 2.45. The lowest BCUT2D eigenvalue weighted by atomic mass is 9.84. The molecule has 0 heteroatoms. The third-order valence-electron chi connectivity index (χ3n) is 9.94. The van der Waals surface area contributed by atoms with E-state index >= 15 is 0 Å². The molecule has 9 aromatic rings. The van der Waals surface area contributed by atoms with Crippen LogP contribution in [-0.4, -0.2) is 0 Å². The number of benzene rings is 9. The van der Waals surface area contributed by atoms with Crippen LogP contribution in [0, 0.1) is 11.8 Å². The van der Waals surface area contributed by atoms with E-state index in [1.54, 1.807) is 0 Å². The highest BCUT2D eigenvalue weighted by atomic mass is 14.2. The quantitative estimate of drug-likeness (QED) is 0.128. The molecule has 0 bridgehead atoms. The molecule has 0 fully saturated rings. The molecule has 0 saturated heterocycles. The third-order valence-corrected chi connectivity index (χ3v) is 9.94. The van der Waals surface area contributed by atoms with Crippen LogP contribution < -0.4 is 0 Å². The van der Waals surface area contributed by atoms with E-state index in [0.717, 1.165) is 22.3 Å². The van der Waals surface area contributed by atoms with Crippen molar-refractivity contribution in [3.63, 3.8) is 0 Å². The molecule has 9 rings (SSSR count). The Kier molecular flexibility index (Phi) is 8.22. The molecular formula is C52H34. The zero-order valence-corrected chi connectivity index (χ0v) is 28.6. The second kappa shape index (κ2) is 13.8. The van der Waals surface area contributed by atoms with Crippen LogP contribution >= 0.6 is 0 Å². The van der Waals surface area contributed by atoms with Gasteiger partial charge in [0.05, 0.1) is 0 Å². The lowest BCUT2D eigenvalue weighted by molar-refractivity contribution is 1.58. The molecule has 52 heavy (non-hydrogen) atoms. The molecule has 0 saturated carbocycles. The van der Waals surface area contributed by atoms with Gasteiger partial charge in [-0.2, -0.15) is 0 Å². The minimum Gasteiger partial charge on any atom is -0.0622 e. The van der Waals surface area contributed by atoms with Crippen molar-refractivity contribution in [1.82, 2.24) is 0 Å². The number of fused-ring (bicyclic) bond motifs is 2. The molecule has 0 aliphatic carbocycles. The molecule has 0 atom stereocenters. The van der Waals surface area contributed by atoms with Gasteiger partial charge < -0.3 is 0 Å². The lowest BCUT2D eigenvalue weighted by Gasteiger charge is -2.19. The van der Waals surface area contributed by atoms with Crippen molar-refractivity contribution in [3.8, 4) is 67.5 Å². The van der Waals surface area contributed by atoms with E-state index in [9.17, 15) is 0 Å². The van der Waals surface area contributed by atoms with Gasteiger partial charge in [0.1, 0.15) is 0 Å². The molecule has 9 aromatic carbocycles. The zero-order chi connectivity index (χ0) is 34.7. The Balaban J connectivity index is 1.27. The average Bonchev–Trinajstić information content (AvgIpc) is 3.23. The normalized spacial score (nSPS) is 10.9. The standard InChI is InChI=1S/C52H34/c1-4-14-37(15-5-1)24-25-42-20-10-11-21-46(42)45-34-35-49-50(36-45)52(44-32-28-41(29-33-44)39-18-8-3-9-19-39)48-23-13-12-22-47(48)51(49)43-30-26-40(27-31-43)38-16-6-2-7-17-38/h1-23,26-36H. The third kappa shape index (κ3) is 5.96. The molecule has 0 aromatic heterocycles. The highest BCUT2D eigenvalue weighted by Gasteiger charge is 2.18. The summed E-state index contributed by atoms with van der Waals surface area (Å²) >= 11 is 0. The monoisotopic (exact) mass is 658 g/mol. The van der Waals surface area contributed by atoms with Gasteiger partial charge in [-0.3, -0.25) is 0 Å². The van der Waals surface area contributed by atoms with Crippen LogP contribution in [0.15, 0.2) is 206 Å². The summed E-state index contributed by atoms with van der Waals surface area (Å²) in [5.41, 5.74) is 14.0. The van der Waals surface area contributed by atoms with Gasteiger partial charge in [0, 0.05) is 11.1 Å². The van der Waals surface area contributed by atoms with Gasteiger partial charge >= 0.3 is 0 Å². The SMILES string of the molecule is C(#Cc1ccccc1-c1ccc2c(-c3ccc(-c4ccccc4)cc3)c3ccccc3c(-c3ccc(-c4ccccc4)cc3)c2c1)c1ccccc1. The molecule has 242 valence electrons. The summed E-state index contributed by atoms with van der Waals surface area (Å²) in [6.07, 6.45) is 0. The second-order valence-corrected chi connectivity index (χ2v) is 13.1. The minimum atomic E-state index is 1.01. The van der Waals surface area contributed by atoms with Crippen molar-refractivity contribution in [3.05, 3.63) is 217 Å². The van der Waals surface area contributed by atoms with Crippen molar-refractivity contribution in [1.29, 1.82) is 0 Å². The van der Waals surface area contributed by atoms with Crippen molar-refractivity contribution >= 4 is 21.5 Å². The van der Waals surface area contributed by atoms with Crippen LogP contribution in [0.25, 0.3) is 77.2 Å². The predicted molar refractivity (Wildman–Crippen MR) is 221 cm³/mol. The van der Waals surface area contributed by atoms with Crippen LogP contribution in [0.2, 0.25) is 0 Å². The van der Waals surface area contributed by atoms with E-state index in [-0.39, 0.29) is 0 Å². The fraction of sp³-hybridized carbons (Fsp3) is 0. The Labute approximate surface area is 305 Å². The zero-order valence-electron chi connectivity index (χ0n) is 28.6. The van der Waals surface area contributed by atoms with Gasteiger partial charge in [-0.05, 0) is 101 Å². The number of rotatable bonds is 5. The summed E-state index contributed by atoms with van der Waals surface area (Å²) in [5, 5.41) is 4.92. The van der Waals surface area contributed by atoms with E-state index in [1.807, 2.05) is 18.2 Å². The summed E-state index contributed by atoms with van der Waals surface area (Å²) < 4.78 is 0. The maximum Gasteiger partial charge on any atom is 0.0327 e. The molecule has 0 amide bonds. The van der Waals surface area contributed by atoms with Gasteiger partial charge in [0.15, 0.2) is 0 Å². The topological polar surface area (TPSA) is 0 Å². The fourth-order valence-electron chi connectivity index (χ4n) is 7.39. The van der Waals surface area contributed by atoms with Crippen LogP contribution in [0.3, 0.4) is 0 Å². The summed E-state index contributed by atoms with van der Waals surface area (Å²) in [5.74, 6) is 6.87. The lowest BCUT2D eigenvalue weighted by Crippen LogP contribution is -1.93. The average molecular weight is 659 g/mol. The van der Waals surface area contributed by atoms with Gasteiger partial charge in [0.2, 0.25) is 0 Å². The summed E-state index contributed by atoms with van der Waals surface area (Å²) in [6.45, 7) is 0. The van der Waals surface area contributed by atoms with Gasteiger partial charge in [-0.1, -0.05) is 194 Å². The molecule has 0 aliphatic heterocycles. The highest BCUT2D eigenvalue weighted by molar-refractivity contribution is 6.22. The van der Waals surface area contributed by atoms with Crippen molar-refractivity contribution in [2.24, 2.45) is 0 Å². The molecule has 0 radical (unpaired) electrons. The smallest absolute Gasteiger partial charge is 0.0327 e. The maximum atomic E-state index is 3.48. The summed E-state index contributed by atoms with van der Waals surface area (Å²) in [6, 6.07) is 73.8. The molecule has 0 spiro atoms. The van der Waals surface area contributed by atoms with E-state index in [4.69, 9.17) is 0 Å². The largest absolute Gasteiger partial charge is 0.0622 e. The van der Waals surface area contributed by atoms with Crippen LogP contribution in [0.4, 0.5) is 0 Å². The van der Waals surface area contributed by atoms with E-state index in [2.05, 4.69) is 200 Å². The predicted octanol–water partition coefficient (Wildman–Crippen LogP) is 13.7. The van der Waals surface area contributed by atoms with E-state index in [1.165, 1.54) is 66.1 Å². The van der Waals surface area contributed by atoms with E-state index in [0.29, 0.717) is 0 Å². The second-order valence-electron chi connectivity index (χ2n) is 13.1. The maximum absolute atomic E-state index is 3.48. The Hall–Kier alpha value is -6.94. The first-order chi connectivity index (χ1) is 25.8. The Morgan fingerprint density at radius 1 is 0.250 bits per heavy atom. The molecule has 0 aliphatic rings. The van der Waals surface area contributed by atoms with Crippen LogP contribution in [0.5, 0.6) is 0 Å².